The molecule has 1 aliphatic rings. The van der Waals surface area contributed by atoms with Crippen LogP contribution in [0.3, 0.4) is 0 Å². The molecule has 2 aromatic carbocycles. The standard InChI is InChI=1S/C18H17FN2O.ClH/c19-15-3-1-2-14(10-15)5-4-13-6-8-17(9-7-13)21-12-16(20)11-18(21)22;/h1-10,16H,11-12,20H2;1H/b5-4+;/t16-;/m0./s1. The molecule has 0 aliphatic carbocycles. The number of carbonyl (C=O) groups excluding carboxylic acids is 1. The van der Waals surface area contributed by atoms with Crippen molar-refractivity contribution in [1.82, 2.24) is 0 Å². The van der Waals surface area contributed by atoms with Gasteiger partial charge in [0.15, 0.2) is 0 Å². The number of halogens is 2. The highest BCUT2D eigenvalue weighted by atomic mass is 35.5. The van der Waals surface area contributed by atoms with Crippen LogP contribution in [0.1, 0.15) is 17.5 Å². The summed E-state index contributed by atoms with van der Waals surface area (Å²) in [5.41, 5.74) is 8.46. The van der Waals surface area contributed by atoms with Crippen molar-refractivity contribution in [3.8, 4) is 0 Å². The fraction of sp³-hybridized carbons (Fsp3) is 0.167. The van der Waals surface area contributed by atoms with Gasteiger partial charge in [-0.1, -0.05) is 36.4 Å². The van der Waals surface area contributed by atoms with Crippen LogP contribution >= 0.6 is 12.4 Å². The van der Waals surface area contributed by atoms with Crippen molar-refractivity contribution in [3.05, 3.63) is 65.5 Å². The van der Waals surface area contributed by atoms with E-state index in [-0.39, 0.29) is 30.2 Å². The minimum absolute atomic E-state index is 0. The Labute approximate surface area is 141 Å². The lowest BCUT2D eigenvalue weighted by Crippen LogP contribution is -2.27. The molecule has 1 saturated heterocycles. The summed E-state index contributed by atoms with van der Waals surface area (Å²) in [4.78, 5) is 13.5. The van der Waals surface area contributed by atoms with Crippen LogP contribution in [0.15, 0.2) is 48.5 Å². The van der Waals surface area contributed by atoms with Gasteiger partial charge in [0.1, 0.15) is 5.82 Å². The Hall–Kier alpha value is -2.17. The van der Waals surface area contributed by atoms with Gasteiger partial charge >= 0.3 is 0 Å². The van der Waals surface area contributed by atoms with E-state index in [0.29, 0.717) is 13.0 Å². The average molecular weight is 333 g/mol. The van der Waals surface area contributed by atoms with Gasteiger partial charge in [-0.2, -0.15) is 0 Å². The Morgan fingerprint density at radius 2 is 1.78 bits per heavy atom. The van der Waals surface area contributed by atoms with Crippen molar-refractivity contribution in [2.75, 3.05) is 11.4 Å². The first-order valence-electron chi connectivity index (χ1n) is 7.21. The van der Waals surface area contributed by atoms with Gasteiger partial charge in [-0.25, -0.2) is 4.39 Å². The fourth-order valence-electron chi connectivity index (χ4n) is 2.55. The van der Waals surface area contributed by atoms with Crippen LogP contribution in [-0.4, -0.2) is 18.5 Å². The van der Waals surface area contributed by atoms with Crippen LogP contribution < -0.4 is 10.6 Å². The van der Waals surface area contributed by atoms with Gasteiger partial charge in [-0.15, -0.1) is 12.4 Å². The largest absolute Gasteiger partial charge is 0.326 e. The summed E-state index contributed by atoms with van der Waals surface area (Å²) in [6.45, 7) is 0.567. The quantitative estimate of drug-likeness (QED) is 0.875. The summed E-state index contributed by atoms with van der Waals surface area (Å²) in [5.74, 6) is -0.183. The highest BCUT2D eigenvalue weighted by Gasteiger charge is 2.27. The molecule has 0 radical (unpaired) electrons. The molecule has 0 aromatic heterocycles. The maximum atomic E-state index is 13.1. The van der Waals surface area contributed by atoms with Crippen LogP contribution in [0.4, 0.5) is 10.1 Å². The summed E-state index contributed by atoms with van der Waals surface area (Å²) in [7, 11) is 0. The number of hydrogen-bond acceptors (Lipinski definition) is 2. The number of rotatable bonds is 3. The van der Waals surface area contributed by atoms with Gasteiger partial charge in [0.25, 0.3) is 0 Å². The summed E-state index contributed by atoms with van der Waals surface area (Å²) in [6, 6.07) is 14.0. The number of nitrogens with zero attached hydrogens (tertiary/aromatic N) is 1. The molecule has 0 spiro atoms. The summed E-state index contributed by atoms with van der Waals surface area (Å²) < 4.78 is 13.1. The first-order valence-corrected chi connectivity index (χ1v) is 7.21. The van der Waals surface area contributed by atoms with Crippen molar-refractivity contribution in [2.24, 2.45) is 5.73 Å². The normalized spacial score (nSPS) is 17.6. The van der Waals surface area contributed by atoms with Crippen LogP contribution in [0.25, 0.3) is 12.2 Å². The predicted molar refractivity (Wildman–Crippen MR) is 94.0 cm³/mol. The predicted octanol–water partition coefficient (Wildman–Crippen LogP) is 3.48. The van der Waals surface area contributed by atoms with E-state index in [9.17, 15) is 9.18 Å². The maximum absolute atomic E-state index is 13.1. The van der Waals surface area contributed by atoms with Crippen molar-refractivity contribution < 1.29 is 9.18 Å². The zero-order valence-electron chi connectivity index (χ0n) is 12.5. The molecule has 1 aliphatic heterocycles. The average Bonchev–Trinajstić information content (AvgIpc) is 2.84. The number of anilines is 1. The number of amides is 1. The molecule has 0 saturated carbocycles. The Kier molecular flexibility index (Phi) is 5.53. The third kappa shape index (κ3) is 4.18. The minimum atomic E-state index is -0.249. The maximum Gasteiger partial charge on any atom is 0.228 e. The smallest absolute Gasteiger partial charge is 0.228 e. The van der Waals surface area contributed by atoms with Gasteiger partial charge in [-0.05, 0) is 35.4 Å². The zero-order valence-corrected chi connectivity index (χ0v) is 13.3. The molecule has 0 bridgehead atoms. The molecule has 0 unspecified atom stereocenters. The second-order valence-electron chi connectivity index (χ2n) is 5.45. The molecule has 2 N–H and O–H groups in total. The molecule has 1 fully saturated rings. The fourth-order valence-corrected chi connectivity index (χ4v) is 2.55. The van der Waals surface area contributed by atoms with E-state index in [1.165, 1.54) is 12.1 Å². The lowest BCUT2D eigenvalue weighted by Gasteiger charge is -2.16. The lowest BCUT2D eigenvalue weighted by atomic mass is 10.1. The Bertz CT molecular complexity index is 715. The Balaban J connectivity index is 0.00000192. The van der Waals surface area contributed by atoms with Gasteiger partial charge in [0.2, 0.25) is 5.91 Å². The molecule has 1 heterocycles. The molecule has 1 atom stereocenters. The molecule has 2 aromatic rings. The third-order valence-corrected chi connectivity index (χ3v) is 3.68. The van der Waals surface area contributed by atoms with Gasteiger partial charge in [0.05, 0.1) is 0 Å². The topological polar surface area (TPSA) is 46.3 Å². The second kappa shape index (κ2) is 7.40. The number of carbonyl (C=O) groups is 1. The molecular weight excluding hydrogens is 315 g/mol. The van der Waals surface area contributed by atoms with Crippen LogP contribution in [0, 0.1) is 5.82 Å². The molecule has 3 rings (SSSR count). The van der Waals surface area contributed by atoms with Crippen molar-refractivity contribution in [1.29, 1.82) is 0 Å². The van der Waals surface area contributed by atoms with E-state index < -0.39 is 0 Å². The number of hydrogen-bond donors (Lipinski definition) is 1. The van der Waals surface area contributed by atoms with Crippen LogP contribution in [0.5, 0.6) is 0 Å². The minimum Gasteiger partial charge on any atom is -0.326 e. The van der Waals surface area contributed by atoms with E-state index in [1.807, 2.05) is 42.5 Å². The molecule has 3 nitrogen and oxygen atoms in total. The summed E-state index contributed by atoms with van der Waals surface area (Å²) in [6.07, 6.45) is 4.17. The summed E-state index contributed by atoms with van der Waals surface area (Å²) in [5, 5.41) is 0. The summed E-state index contributed by atoms with van der Waals surface area (Å²) >= 11 is 0. The van der Waals surface area contributed by atoms with Gasteiger partial charge in [0, 0.05) is 24.7 Å². The second-order valence-corrected chi connectivity index (χ2v) is 5.45. The van der Waals surface area contributed by atoms with E-state index in [1.54, 1.807) is 11.0 Å². The SMILES string of the molecule is Cl.N[C@H]1CC(=O)N(c2ccc(/C=C/c3cccc(F)c3)cc2)C1. The third-order valence-electron chi connectivity index (χ3n) is 3.68. The molecule has 23 heavy (non-hydrogen) atoms. The Morgan fingerprint density at radius 1 is 1.09 bits per heavy atom. The van der Waals surface area contributed by atoms with Crippen LogP contribution in [0.2, 0.25) is 0 Å². The van der Waals surface area contributed by atoms with Gasteiger partial charge < -0.3 is 10.6 Å². The van der Waals surface area contributed by atoms with E-state index >= 15 is 0 Å². The number of benzene rings is 2. The zero-order chi connectivity index (χ0) is 15.5. The van der Waals surface area contributed by atoms with Gasteiger partial charge in [-0.3, -0.25) is 4.79 Å². The van der Waals surface area contributed by atoms with Crippen molar-refractivity contribution in [2.45, 2.75) is 12.5 Å². The van der Waals surface area contributed by atoms with E-state index in [0.717, 1.165) is 16.8 Å². The van der Waals surface area contributed by atoms with E-state index in [4.69, 9.17) is 5.73 Å². The lowest BCUT2D eigenvalue weighted by molar-refractivity contribution is -0.117. The highest BCUT2D eigenvalue weighted by molar-refractivity contribution is 5.96. The Morgan fingerprint density at radius 3 is 2.39 bits per heavy atom. The first kappa shape index (κ1) is 17.2. The van der Waals surface area contributed by atoms with Crippen molar-refractivity contribution in [3.63, 3.8) is 0 Å². The van der Waals surface area contributed by atoms with E-state index in [2.05, 4.69) is 0 Å². The number of nitrogens with two attached hydrogens (primary N) is 1. The monoisotopic (exact) mass is 332 g/mol. The van der Waals surface area contributed by atoms with Crippen molar-refractivity contribution >= 4 is 36.2 Å². The molecule has 1 amide bonds. The van der Waals surface area contributed by atoms with Crippen LogP contribution in [-0.2, 0) is 4.79 Å². The molecule has 5 heteroatoms. The first-order chi connectivity index (χ1) is 10.6. The highest BCUT2D eigenvalue weighted by Crippen LogP contribution is 2.22. The molecular formula is C18H18ClFN2O. The molecule has 120 valence electrons.